The number of halogens is 1. The fourth-order valence-electron chi connectivity index (χ4n) is 3.03. The molecule has 0 aliphatic heterocycles. The van der Waals surface area contributed by atoms with Gasteiger partial charge in [-0.2, -0.15) is 0 Å². The highest BCUT2D eigenvalue weighted by molar-refractivity contribution is 7.22. The van der Waals surface area contributed by atoms with E-state index in [4.69, 9.17) is 0 Å². The predicted molar refractivity (Wildman–Crippen MR) is 107 cm³/mol. The predicted octanol–water partition coefficient (Wildman–Crippen LogP) is 4.63. The minimum atomic E-state index is -0.515. The summed E-state index contributed by atoms with van der Waals surface area (Å²) in [5.41, 5.74) is 2.32. The Balaban J connectivity index is 1.53. The van der Waals surface area contributed by atoms with Gasteiger partial charge in [-0.25, -0.2) is 9.37 Å². The topological polar surface area (TPSA) is 83.6 Å². The number of nitrogens with zero attached hydrogens (tertiary/aromatic N) is 3. The zero-order valence-corrected chi connectivity index (χ0v) is 15.1. The normalized spacial score (nSPS) is 11.2. The molecule has 5 aromatic rings. The molecule has 0 aliphatic rings. The average molecular weight is 389 g/mol. The van der Waals surface area contributed by atoms with Gasteiger partial charge in [0.25, 0.3) is 5.91 Å². The van der Waals surface area contributed by atoms with E-state index in [0.29, 0.717) is 11.2 Å². The molecule has 0 aliphatic carbocycles. The molecule has 136 valence electrons. The Kier molecular flexibility index (Phi) is 3.84. The van der Waals surface area contributed by atoms with E-state index in [1.807, 2.05) is 18.5 Å². The van der Waals surface area contributed by atoms with Crippen molar-refractivity contribution in [3.05, 3.63) is 72.8 Å². The van der Waals surface area contributed by atoms with Crippen molar-refractivity contribution in [2.24, 2.45) is 0 Å². The monoisotopic (exact) mass is 389 g/mol. The number of amides is 1. The number of nitrogens with one attached hydrogen (secondary N) is 2. The average Bonchev–Trinajstić information content (AvgIpc) is 3.31. The second-order valence-electron chi connectivity index (χ2n) is 6.19. The first kappa shape index (κ1) is 16.5. The van der Waals surface area contributed by atoms with E-state index in [1.165, 1.54) is 18.5 Å². The van der Waals surface area contributed by atoms with Gasteiger partial charge in [0.2, 0.25) is 0 Å². The van der Waals surface area contributed by atoms with Crippen LogP contribution < -0.4 is 5.32 Å². The number of fused-ring (bicyclic) bond motifs is 2. The lowest BCUT2D eigenvalue weighted by Crippen LogP contribution is -2.12. The van der Waals surface area contributed by atoms with Crippen molar-refractivity contribution >= 4 is 44.1 Å². The lowest BCUT2D eigenvalue weighted by atomic mass is 10.1. The van der Waals surface area contributed by atoms with Gasteiger partial charge < -0.3 is 10.3 Å². The maximum atomic E-state index is 13.3. The summed E-state index contributed by atoms with van der Waals surface area (Å²) in [5.74, 6) is -0.895. The Morgan fingerprint density at radius 2 is 2.04 bits per heavy atom. The third-order valence-corrected chi connectivity index (χ3v) is 5.46. The van der Waals surface area contributed by atoms with E-state index >= 15 is 0 Å². The zero-order valence-electron chi connectivity index (χ0n) is 14.3. The standard InChI is InChI=1S/C20H12FN5OS/c21-13-5-14(8-23-7-13)26-20(27)12-3-15-16(9-25-19(15)24-6-12)17-4-11-1-2-22-10-18(11)28-17/h1-10H,(H,24,25)(H,26,27). The summed E-state index contributed by atoms with van der Waals surface area (Å²) in [6, 6.07) is 7.05. The summed E-state index contributed by atoms with van der Waals surface area (Å²) in [6.45, 7) is 0. The molecule has 6 nitrogen and oxygen atoms in total. The van der Waals surface area contributed by atoms with Gasteiger partial charge in [-0.1, -0.05) is 0 Å². The highest BCUT2D eigenvalue weighted by Crippen LogP contribution is 2.36. The number of rotatable bonds is 3. The maximum Gasteiger partial charge on any atom is 0.257 e. The summed E-state index contributed by atoms with van der Waals surface area (Å²) in [6.07, 6.45) is 9.44. The molecule has 5 rings (SSSR count). The van der Waals surface area contributed by atoms with Gasteiger partial charge >= 0.3 is 0 Å². The van der Waals surface area contributed by atoms with Crippen molar-refractivity contribution in [2.45, 2.75) is 0 Å². The highest BCUT2D eigenvalue weighted by atomic mass is 32.1. The van der Waals surface area contributed by atoms with Crippen molar-refractivity contribution in [3.63, 3.8) is 0 Å². The number of thiophene rings is 1. The quantitative estimate of drug-likeness (QED) is 0.471. The first-order chi connectivity index (χ1) is 13.7. The van der Waals surface area contributed by atoms with Crippen LogP contribution in [0.25, 0.3) is 31.6 Å². The Bertz CT molecular complexity index is 1310. The molecule has 0 radical (unpaired) electrons. The second-order valence-corrected chi connectivity index (χ2v) is 7.28. The van der Waals surface area contributed by atoms with Crippen LogP contribution >= 0.6 is 11.3 Å². The maximum absolute atomic E-state index is 13.3. The Morgan fingerprint density at radius 3 is 2.89 bits per heavy atom. The number of aromatic nitrogens is 4. The Hall–Kier alpha value is -3.65. The Morgan fingerprint density at radius 1 is 1.11 bits per heavy atom. The minimum Gasteiger partial charge on any atom is -0.345 e. The summed E-state index contributed by atoms with van der Waals surface area (Å²) >= 11 is 1.63. The van der Waals surface area contributed by atoms with Crippen LogP contribution in [0, 0.1) is 5.82 Å². The van der Waals surface area contributed by atoms with Gasteiger partial charge in [-0.3, -0.25) is 14.8 Å². The molecule has 0 atom stereocenters. The van der Waals surface area contributed by atoms with Crippen LogP contribution in [0.15, 0.2) is 61.4 Å². The number of carbonyl (C=O) groups excluding carboxylic acids is 1. The van der Waals surface area contributed by atoms with Crippen LogP contribution in [0.2, 0.25) is 0 Å². The van der Waals surface area contributed by atoms with Crippen LogP contribution in [0.3, 0.4) is 0 Å². The van der Waals surface area contributed by atoms with Crippen LogP contribution in [-0.4, -0.2) is 25.8 Å². The molecular weight excluding hydrogens is 377 g/mol. The van der Waals surface area contributed by atoms with Gasteiger partial charge in [0, 0.05) is 46.7 Å². The number of hydrogen-bond acceptors (Lipinski definition) is 5. The van der Waals surface area contributed by atoms with E-state index in [2.05, 4.69) is 31.3 Å². The lowest BCUT2D eigenvalue weighted by molar-refractivity contribution is 0.102. The molecule has 0 saturated heterocycles. The van der Waals surface area contributed by atoms with E-state index in [1.54, 1.807) is 23.6 Å². The molecule has 28 heavy (non-hydrogen) atoms. The second kappa shape index (κ2) is 6.50. The molecule has 0 spiro atoms. The van der Waals surface area contributed by atoms with Gasteiger partial charge in [0.15, 0.2) is 0 Å². The summed E-state index contributed by atoms with van der Waals surface area (Å²) in [7, 11) is 0. The third-order valence-electron chi connectivity index (χ3n) is 4.34. The number of carbonyl (C=O) groups is 1. The van der Waals surface area contributed by atoms with E-state index in [9.17, 15) is 9.18 Å². The molecule has 0 fully saturated rings. The van der Waals surface area contributed by atoms with Gasteiger partial charge in [0.05, 0.1) is 28.3 Å². The summed E-state index contributed by atoms with van der Waals surface area (Å²) in [5, 5.41) is 4.59. The Labute approximate surface area is 162 Å². The van der Waals surface area contributed by atoms with Crippen molar-refractivity contribution in [1.29, 1.82) is 0 Å². The van der Waals surface area contributed by atoms with Crippen LogP contribution in [0.4, 0.5) is 10.1 Å². The first-order valence-corrected chi connectivity index (χ1v) is 9.22. The molecule has 1 amide bonds. The van der Waals surface area contributed by atoms with E-state index in [0.717, 1.165) is 32.1 Å². The fraction of sp³-hybridized carbons (Fsp3) is 0. The molecule has 0 aromatic carbocycles. The van der Waals surface area contributed by atoms with Gasteiger partial charge in [-0.15, -0.1) is 11.3 Å². The fourth-order valence-corrected chi connectivity index (χ4v) is 4.09. The molecular formula is C20H12FN5OS. The first-order valence-electron chi connectivity index (χ1n) is 8.40. The van der Waals surface area contributed by atoms with Crippen LogP contribution in [0.1, 0.15) is 10.4 Å². The van der Waals surface area contributed by atoms with Crippen molar-refractivity contribution in [2.75, 3.05) is 5.32 Å². The largest absolute Gasteiger partial charge is 0.345 e. The smallest absolute Gasteiger partial charge is 0.257 e. The summed E-state index contributed by atoms with van der Waals surface area (Å²) < 4.78 is 14.4. The van der Waals surface area contributed by atoms with E-state index in [-0.39, 0.29) is 11.6 Å². The number of anilines is 1. The zero-order chi connectivity index (χ0) is 19.1. The number of pyridine rings is 3. The molecule has 2 N–H and O–H groups in total. The number of aromatic amines is 1. The lowest BCUT2D eigenvalue weighted by Gasteiger charge is -2.05. The van der Waals surface area contributed by atoms with Crippen LogP contribution in [0.5, 0.6) is 0 Å². The summed E-state index contributed by atoms with van der Waals surface area (Å²) in [4.78, 5) is 29.0. The van der Waals surface area contributed by atoms with Crippen molar-refractivity contribution in [3.8, 4) is 10.4 Å². The van der Waals surface area contributed by atoms with Crippen LogP contribution in [-0.2, 0) is 0 Å². The SMILES string of the molecule is O=C(Nc1cncc(F)c1)c1cnc2[nH]cc(-c3cc4ccncc4s3)c2c1. The van der Waals surface area contributed by atoms with Gasteiger partial charge in [0.1, 0.15) is 11.5 Å². The molecule has 8 heteroatoms. The number of H-pyrrole nitrogens is 1. The van der Waals surface area contributed by atoms with Gasteiger partial charge in [-0.05, 0) is 23.6 Å². The molecule has 0 unspecified atom stereocenters. The molecule has 0 saturated carbocycles. The third kappa shape index (κ3) is 2.89. The van der Waals surface area contributed by atoms with Crippen molar-refractivity contribution in [1.82, 2.24) is 19.9 Å². The van der Waals surface area contributed by atoms with Crippen molar-refractivity contribution < 1.29 is 9.18 Å². The molecule has 0 bridgehead atoms. The minimum absolute atomic E-state index is 0.288. The number of hydrogen-bond donors (Lipinski definition) is 2. The van der Waals surface area contributed by atoms with E-state index < -0.39 is 5.82 Å². The molecule has 5 heterocycles. The molecule has 5 aromatic heterocycles. The highest BCUT2D eigenvalue weighted by Gasteiger charge is 2.14.